The summed E-state index contributed by atoms with van der Waals surface area (Å²) in [6.07, 6.45) is 2.78. The summed E-state index contributed by atoms with van der Waals surface area (Å²) in [5.41, 5.74) is 2.92. The zero-order valence-electron chi connectivity index (χ0n) is 9.95. The van der Waals surface area contributed by atoms with E-state index in [1.165, 1.54) is 24.1 Å². The van der Waals surface area contributed by atoms with E-state index in [0.717, 1.165) is 25.6 Å². The van der Waals surface area contributed by atoms with Crippen LogP contribution in [0.3, 0.4) is 0 Å². The number of rotatable bonds is 2. The minimum atomic E-state index is 0.612. The molecule has 2 nitrogen and oxygen atoms in total. The normalized spacial score (nSPS) is 25.8. The Bertz CT molecular complexity index is 354. The Morgan fingerprint density at radius 3 is 2.56 bits per heavy atom. The molecule has 1 saturated heterocycles. The molecule has 0 radical (unpaired) electrons. The van der Waals surface area contributed by atoms with Gasteiger partial charge in [-0.2, -0.15) is 0 Å². The summed E-state index contributed by atoms with van der Waals surface area (Å²) in [6.45, 7) is 5.63. The van der Waals surface area contributed by atoms with Gasteiger partial charge in [0.25, 0.3) is 0 Å². The second-order valence-corrected chi connectivity index (χ2v) is 5.11. The Balaban J connectivity index is 1.77. The number of nitrogens with zero attached hydrogens (tertiary/aromatic N) is 1. The van der Waals surface area contributed by atoms with Crippen LogP contribution in [0.4, 0.5) is 5.69 Å². The van der Waals surface area contributed by atoms with Crippen LogP contribution in [0, 0.1) is 0 Å². The Kier molecular flexibility index (Phi) is 2.60. The summed E-state index contributed by atoms with van der Waals surface area (Å²) in [5, 5.41) is 3.43. The van der Waals surface area contributed by atoms with Gasteiger partial charge in [0.15, 0.2) is 0 Å². The summed E-state index contributed by atoms with van der Waals surface area (Å²) in [7, 11) is 0. The van der Waals surface area contributed by atoms with Gasteiger partial charge in [-0.25, -0.2) is 0 Å². The first kappa shape index (κ1) is 10.2. The molecule has 2 aliphatic rings. The van der Waals surface area contributed by atoms with Crippen molar-refractivity contribution < 1.29 is 0 Å². The molecule has 0 aromatic heterocycles. The predicted octanol–water partition coefficient (Wildman–Crippen LogP) is 2.36. The Labute approximate surface area is 97.6 Å². The lowest BCUT2D eigenvalue weighted by Gasteiger charge is -2.36. The summed E-state index contributed by atoms with van der Waals surface area (Å²) in [6, 6.07) is 9.86. The Morgan fingerprint density at radius 2 is 1.94 bits per heavy atom. The second kappa shape index (κ2) is 4.10. The van der Waals surface area contributed by atoms with Gasteiger partial charge >= 0.3 is 0 Å². The largest absolute Gasteiger partial charge is 0.366 e. The van der Waals surface area contributed by atoms with Crippen molar-refractivity contribution in [1.82, 2.24) is 5.32 Å². The standard InChI is InChI=1S/C14H20N2/c1-11-10-15-8-9-16(11)14-6-4-13(5-7-14)12-2-3-12/h4-7,11-12,15H,2-3,8-10H2,1H3/t11-/m1/s1. The number of hydrogen-bond donors (Lipinski definition) is 1. The minimum Gasteiger partial charge on any atom is -0.366 e. The van der Waals surface area contributed by atoms with Crippen molar-refractivity contribution in [2.24, 2.45) is 0 Å². The van der Waals surface area contributed by atoms with Gasteiger partial charge in [0, 0.05) is 31.4 Å². The van der Waals surface area contributed by atoms with Gasteiger partial charge in [0.1, 0.15) is 0 Å². The van der Waals surface area contributed by atoms with Crippen molar-refractivity contribution in [2.75, 3.05) is 24.5 Å². The van der Waals surface area contributed by atoms with Gasteiger partial charge in [-0.1, -0.05) is 12.1 Å². The molecule has 0 amide bonds. The van der Waals surface area contributed by atoms with E-state index in [0.29, 0.717) is 6.04 Å². The molecule has 1 heterocycles. The first-order valence-electron chi connectivity index (χ1n) is 6.42. The van der Waals surface area contributed by atoms with E-state index < -0.39 is 0 Å². The van der Waals surface area contributed by atoms with Gasteiger partial charge in [0.2, 0.25) is 0 Å². The average molecular weight is 216 g/mol. The maximum Gasteiger partial charge on any atom is 0.0386 e. The third-order valence-electron chi connectivity index (χ3n) is 3.77. The van der Waals surface area contributed by atoms with E-state index in [1.807, 2.05) is 0 Å². The predicted molar refractivity (Wildman–Crippen MR) is 68.1 cm³/mol. The number of hydrogen-bond acceptors (Lipinski definition) is 2. The molecular formula is C14H20N2. The fourth-order valence-corrected chi connectivity index (χ4v) is 2.58. The van der Waals surface area contributed by atoms with Gasteiger partial charge in [0.05, 0.1) is 0 Å². The molecule has 1 saturated carbocycles. The highest BCUT2D eigenvalue weighted by atomic mass is 15.2. The molecule has 3 rings (SSSR count). The second-order valence-electron chi connectivity index (χ2n) is 5.11. The molecule has 1 aliphatic carbocycles. The van der Waals surface area contributed by atoms with E-state index in [4.69, 9.17) is 0 Å². The smallest absolute Gasteiger partial charge is 0.0386 e. The summed E-state index contributed by atoms with van der Waals surface area (Å²) < 4.78 is 0. The molecule has 1 N–H and O–H groups in total. The lowest BCUT2D eigenvalue weighted by molar-refractivity contribution is 0.501. The van der Waals surface area contributed by atoms with E-state index in [9.17, 15) is 0 Å². The number of benzene rings is 1. The quantitative estimate of drug-likeness (QED) is 0.816. The van der Waals surface area contributed by atoms with Crippen molar-refractivity contribution >= 4 is 5.69 Å². The number of nitrogens with one attached hydrogen (secondary N) is 1. The molecule has 2 heteroatoms. The van der Waals surface area contributed by atoms with Crippen LogP contribution in [0.15, 0.2) is 24.3 Å². The highest BCUT2D eigenvalue weighted by Crippen LogP contribution is 2.40. The van der Waals surface area contributed by atoms with Crippen LogP contribution in [-0.4, -0.2) is 25.7 Å². The van der Waals surface area contributed by atoms with Crippen LogP contribution in [0.25, 0.3) is 0 Å². The fourth-order valence-electron chi connectivity index (χ4n) is 2.58. The molecule has 1 aliphatic heterocycles. The maximum absolute atomic E-state index is 3.43. The molecule has 0 spiro atoms. The Hall–Kier alpha value is -1.02. The first-order valence-corrected chi connectivity index (χ1v) is 6.42. The third-order valence-corrected chi connectivity index (χ3v) is 3.77. The zero-order valence-corrected chi connectivity index (χ0v) is 9.95. The Morgan fingerprint density at radius 1 is 1.19 bits per heavy atom. The van der Waals surface area contributed by atoms with Gasteiger partial charge in [-0.3, -0.25) is 0 Å². The molecule has 1 aromatic rings. The molecule has 1 atom stereocenters. The highest BCUT2D eigenvalue weighted by molar-refractivity contribution is 5.49. The van der Waals surface area contributed by atoms with E-state index in [2.05, 4.69) is 41.4 Å². The van der Waals surface area contributed by atoms with Crippen LogP contribution in [-0.2, 0) is 0 Å². The van der Waals surface area contributed by atoms with Crippen molar-refractivity contribution in [3.8, 4) is 0 Å². The van der Waals surface area contributed by atoms with Crippen LogP contribution >= 0.6 is 0 Å². The zero-order chi connectivity index (χ0) is 11.0. The summed E-state index contributed by atoms with van der Waals surface area (Å²) in [4.78, 5) is 2.51. The third kappa shape index (κ3) is 1.94. The van der Waals surface area contributed by atoms with Crippen LogP contribution < -0.4 is 10.2 Å². The molecule has 86 valence electrons. The fraction of sp³-hybridized carbons (Fsp3) is 0.571. The van der Waals surface area contributed by atoms with E-state index in [1.54, 1.807) is 0 Å². The van der Waals surface area contributed by atoms with Crippen LogP contribution in [0.5, 0.6) is 0 Å². The van der Waals surface area contributed by atoms with Crippen molar-refractivity contribution in [3.05, 3.63) is 29.8 Å². The van der Waals surface area contributed by atoms with Gasteiger partial charge in [-0.15, -0.1) is 0 Å². The maximum atomic E-state index is 3.43. The first-order chi connectivity index (χ1) is 7.84. The van der Waals surface area contributed by atoms with Gasteiger partial charge < -0.3 is 10.2 Å². The lowest BCUT2D eigenvalue weighted by Crippen LogP contribution is -2.49. The summed E-state index contributed by atoms with van der Waals surface area (Å²) in [5.74, 6) is 0.870. The molecule has 16 heavy (non-hydrogen) atoms. The molecular weight excluding hydrogens is 196 g/mol. The van der Waals surface area contributed by atoms with Crippen LogP contribution in [0.1, 0.15) is 31.2 Å². The van der Waals surface area contributed by atoms with Crippen molar-refractivity contribution in [2.45, 2.75) is 31.7 Å². The van der Waals surface area contributed by atoms with Crippen molar-refractivity contribution in [3.63, 3.8) is 0 Å². The molecule has 0 unspecified atom stereocenters. The SMILES string of the molecule is C[C@@H]1CNCCN1c1ccc(C2CC2)cc1. The van der Waals surface area contributed by atoms with Crippen molar-refractivity contribution in [1.29, 1.82) is 0 Å². The average Bonchev–Trinajstić information content (AvgIpc) is 3.14. The summed E-state index contributed by atoms with van der Waals surface area (Å²) >= 11 is 0. The number of anilines is 1. The lowest BCUT2D eigenvalue weighted by atomic mass is 10.1. The van der Waals surface area contributed by atoms with E-state index >= 15 is 0 Å². The number of piperazine rings is 1. The minimum absolute atomic E-state index is 0.612. The monoisotopic (exact) mass is 216 g/mol. The molecule has 0 bridgehead atoms. The molecule has 1 aromatic carbocycles. The van der Waals surface area contributed by atoms with Crippen LogP contribution in [0.2, 0.25) is 0 Å². The van der Waals surface area contributed by atoms with Gasteiger partial charge in [-0.05, 0) is 43.4 Å². The van der Waals surface area contributed by atoms with E-state index in [-0.39, 0.29) is 0 Å². The molecule has 2 fully saturated rings. The highest BCUT2D eigenvalue weighted by Gasteiger charge is 2.24. The topological polar surface area (TPSA) is 15.3 Å².